The Labute approximate surface area is 114 Å². The number of rotatable bonds is 11. The van der Waals surface area contributed by atoms with Crippen molar-refractivity contribution in [1.29, 1.82) is 0 Å². The molecule has 0 radical (unpaired) electrons. The Morgan fingerprint density at radius 2 is 1.89 bits per heavy atom. The molecule has 0 aliphatic carbocycles. The number of likely N-dealkylation sites (N-methyl/N-ethyl adjacent to an activating group) is 1. The van der Waals surface area contributed by atoms with Gasteiger partial charge in [0.15, 0.2) is 0 Å². The summed E-state index contributed by atoms with van der Waals surface area (Å²) in [4.78, 5) is 2.49. The fraction of sp³-hybridized carbons (Fsp3) is 1.00. The maximum Gasteiger partial charge on any atom is 0.0593 e. The van der Waals surface area contributed by atoms with E-state index >= 15 is 0 Å². The molecule has 1 unspecified atom stereocenters. The third kappa shape index (κ3) is 7.34. The molecule has 3 nitrogen and oxygen atoms in total. The minimum absolute atomic E-state index is 0.289. The summed E-state index contributed by atoms with van der Waals surface area (Å²) in [6, 6.07) is 0.540. The summed E-state index contributed by atoms with van der Waals surface area (Å²) in [6.45, 7) is 19.5. The van der Waals surface area contributed by atoms with Crippen LogP contribution >= 0.6 is 0 Å². The third-order valence-electron chi connectivity index (χ3n) is 3.71. The molecule has 0 saturated carbocycles. The molecule has 0 spiro atoms. The summed E-state index contributed by atoms with van der Waals surface area (Å²) in [5, 5.41) is 3.61. The van der Waals surface area contributed by atoms with Gasteiger partial charge < -0.3 is 15.0 Å². The lowest BCUT2D eigenvalue weighted by molar-refractivity contribution is 0.0879. The predicted molar refractivity (Wildman–Crippen MR) is 80.1 cm³/mol. The van der Waals surface area contributed by atoms with Crippen molar-refractivity contribution in [2.45, 2.75) is 54.0 Å². The van der Waals surface area contributed by atoms with E-state index in [9.17, 15) is 0 Å². The maximum atomic E-state index is 5.45. The smallest absolute Gasteiger partial charge is 0.0593 e. The van der Waals surface area contributed by atoms with Crippen LogP contribution in [0.15, 0.2) is 0 Å². The molecular formula is C15H34N2O. The highest BCUT2D eigenvalue weighted by Gasteiger charge is 2.27. The fourth-order valence-electron chi connectivity index (χ4n) is 2.04. The van der Waals surface area contributed by atoms with Gasteiger partial charge in [-0.1, -0.05) is 27.7 Å². The number of nitrogens with zero attached hydrogens (tertiary/aromatic N) is 1. The average molecular weight is 258 g/mol. The van der Waals surface area contributed by atoms with E-state index in [1.807, 2.05) is 0 Å². The van der Waals surface area contributed by atoms with Crippen LogP contribution in [0.3, 0.4) is 0 Å². The first-order valence-electron chi connectivity index (χ1n) is 7.51. The van der Waals surface area contributed by atoms with Gasteiger partial charge >= 0.3 is 0 Å². The second kappa shape index (κ2) is 9.76. The van der Waals surface area contributed by atoms with Crippen molar-refractivity contribution in [1.82, 2.24) is 10.2 Å². The Morgan fingerprint density at radius 1 is 1.22 bits per heavy atom. The Morgan fingerprint density at radius 3 is 2.39 bits per heavy atom. The summed E-state index contributed by atoms with van der Waals surface area (Å²) >= 11 is 0. The molecule has 0 fully saturated rings. The van der Waals surface area contributed by atoms with Gasteiger partial charge in [-0.2, -0.15) is 0 Å². The zero-order chi connectivity index (χ0) is 14.0. The first-order valence-corrected chi connectivity index (χ1v) is 7.51. The molecule has 0 amide bonds. The van der Waals surface area contributed by atoms with Crippen LogP contribution in [0.5, 0.6) is 0 Å². The molecule has 110 valence electrons. The van der Waals surface area contributed by atoms with Crippen LogP contribution in [0.1, 0.15) is 48.0 Å². The van der Waals surface area contributed by atoms with Crippen LogP contribution in [0.25, 0.3) is 0 Å². The van der Waals surface area contributed by atoms with Gasteiger partial charge in [-0.05, 0) is 38.8 Å². The predicted octanol–water partition coefficient (Wildman–Crippen LogP) is 2.76. The zero-order valence-electron chi connectivity index (χ0n) is 13.4. The van der Waals surface area contributed by atoms with Crippen LogP contribution in [0, 0.1) is 5.41 Å². The second-order valence-corrected chi connectivity index (χ2v) is 5.73. The highest BCUT2D eigenvalue weighted by atomic mass is 16.5. The highest BCUT2D eigenvalue weighted by Crippen LogP contribution is 2.22. The summed E-state index contributed by atoms with van der Waals surface area (Å²) in [7, 11) is 0. The zero-order valence-corrected chi connectivity index (χ0v) is 13.4. The molecule has 0 heterocycles. The Balaban J connectivity index is 4.15. The van der Waals surface area contributed by atoms with Crippen LogP contribution in [0.4, 0.5) is 0 Å². The first kappa shape index (κ1) is 17.9. The monoisotopic (exact) mass is 258 g/mol. The van der Waals surface area contributed by atoms with Gasteiger partial charge in [-0.15, -0.1) is 0 Å². The molecule has 0 aliphatic heterocycles. The molecule has 0 rings (SSSR count). The van der Waals surface area contributed by atoms with Crippen LogP contribution in [-0.2, 0) is 4.74 Å². The van der Waals surface area contributed by atoms with Crippen molar-refractivity contribution in [3.8, 4) is 0 Å². The number of hydrogen-bond donors (Lipinski definition) is 1. The van der Waals surface area contributed by atoms with Gasteiger partial charge in [0.25, 0.3) is 0 Å². The van der Waals surface area contributed by atoms with Crippen molar-refractivity contribution >= 4 is 0 Å². The standard InChI is InChI=1S/C15H34N2O/c1-7-10-16-14(4)15(5,6)13-17(8-2)11-12-18-9-3/h14,16H,7-13H2,1-6H3. The van der Waals surface area contributed by atoms with E-state index in [0.717, 1.165) is 39.4 Å². The molecule has 0 aromatic carbocycles. The second-order valence-electron chi connectivity index (χ2n) is 5.73. The third-order valence-corrected chi connectivity index (χ3v) is 3.71. The Kier molecular flexibility index (Phi) is 9.70. The molecule has 0 aromatic heterocycles. The normalized spacial score (nSPS) is 14.2. The first-order chi connectivity index (χ1) is 8.47. The summed E-state index contributed by atoms with van der Waals surface area (Å²) in [5.41, 5.74) is 0.289. The van der Waals surface area contributed by atoms with Gasteiger partial charge in [-0.25, -0.2) is 0 Å². The quantitative estimate of drug-likeness (QED) is 0.577. The number of hydrogen-bond acceptors (Lipinski definition) is 3. The lowest BCUT2D eigenvalue weighted by Gasteiger charge is -2.37. The Bertz CT molecular complexity index is 195. The van der Waals surface area contributed by atoms with E-state index in [0.29, 0.717) is 6.04 Å². The van der Waals surface area contributed by atoms with Crippen molar-refractivity contribution in [2.24, 2.45) is 5.41 Å². The SMILES string of the molecule is CCCNC(C)C(C)(C)CN(CC)CCOCC. The largest absolute Gasteiger partial charge is 0.380 e. The van der Waals surface area contributed by atoms with Gasteiger partial charge in [0, 0.05) is 25.7 Å². The molecule has 18 heavy (non-hydrogen) atoms. The molecule has 1 atom stereocenters. The topological polar surface area (TPSA) is 24.5 Å². The van der Waals surface area contributed by atoms with Crippen LogP contribution in [0.2, 0.25) is 0 Å². The molecule has 1 N–H and O–H groups in total. The van der Waals surface area contributed by atoms with E-state index < -0.39 is 0 Å². The maximum absolute atomic E-state index is 5.45. The molecular weight excluding hydrogens is 224 g/mol. The molecule has 3 heteroatoms. The van der Waals surface area contributed by atoms with E-state index in [1.54, 1.807) is 0 Å². The lowest BCUT2D eigenvalue weighted by atomic mass is 9.84. The minimum atomic E-state index is 0.289. The number of nitrogens with one attached hydrogen (secondary N) is 1. The minimum Gasteiger partial charge on any atom is -0.380 e. The van der Waals surface area contributed by atoms with E-state index in [1.165, 1.54) is 6.42 Å². The molecule has 0 saturated heterocycles. The van der Waals surface area contributed by atoms with Gasteiger partial charge in [0.1, 0.15) is 0 Å². The van der Waals surface area contributed by atoms with E-state index in [-0.39, 0.29) is 5.41 Å². The van der Waals surface area contributed by atoms with Crippen LogP contribution < -0.4 is 5.32 Å². The van der Waals surface area contributed by atoms with Crippen molar-refractivity contribution in [2.75, 3.05) is 39.4 Å². The lowest BCUT2D eigenvalue weighted by Crippen LogP contribution is -2.47. The van der Waals surface area contributed by atoms with Crippen molar-refractivity contribution < 1.29 is 4.74 Å². The van der Waals surface area contributed by atoms with Crippen LogP contribution in [-0.4, -0.2) is 50.3 Å². The summed E-state index contributed by atoms with van der Waals surface area (Å²) < 4.78 is 5.45. The molecule has 0 bridgehead atoms. The van der Waals surface area contributed by atoms with E-state index in [2.05, 4.69) is 51.8 Å². The highest BCUT2D eigenvalue weighted by molar-refractivity contribution is 4.83. The summed E-state index contributed by atoms with van der Waals surface area (Å²) in [6.07, 6.45) is 1.20. The van der Waals surface area contributed by atoms with Gasteiger partial charge in [0.05, 0.1) is 6.61 Å². The van der Waals surface area contributed by atoms with E-state index in [4.69, 9.17) is 4.74 Å². The van der Waals surface area contributed by atoms with Crippen molar-refractivity contribution in [3.63, 3.8) is 0 Å². The summed E-state index contributed by atoms with van der Waals surface area (Å²) in [5.74, 6) is 0. The fourth-order valence-corrected chi connectivity index (χ4v) is 2.04. The van der Waals surface area contributed by atoms with Gasteiger partial charge in [-0.3, -0.25) is 0 Å². The van der Waals surface area contributed by atoms with Gasteiger partial charge in [0.2, 0.25) is 0 Å². The molecule has 0 aliphatic rings. The molecule has 0 aromatic rings. The average Bonchev–Trinajstić information content (AvgIpc) is 2.34. The van der Waals surface area contributed by atoms with Crippen molar-refractivity contribution in [3.05, 3.63) is 0 Å². The Hall–Kier alpha value is -0.120. The number of ether oxygens (including phenoxy) is 1.